The molecule has 5 nitrogen and oxygen atoms in total. The summed E-state index contributed by atoms with van der Waals surface area (Å²) in [7, 11) is -4.19. The predicted molar refractivity (Wildman–Crippen MR) is 202 cm³/mol. The van der Waals surface area contributed by atoms with Crippen LogP contribution in [0.4, 0.5) is 5.82 Å². The number of hydrogen-bond acceptors (Lipinski definition) is 5. The number of rotatable bonds is 4. The van der Waals surface area contributed by atoms with Crippen LogP contribution in [0.25, 0.3) is 54.9 Å². The molecule has 8 rings (SSSR count). The zero-order valence-corrected chi connectivity index (χ0v) is 29.4. The van der Waals surface area contributed by atoms with E-state index in [4.69, 9.17) is 9.05 Å². The summed E-state index contributed by atoms with van der Waals surface area (Å²) in [5.74, 6) is 1.42. The highest BCUT2D eigenvalue weighted by atomic mass is 31.2. The summed E-state index contributed by atoms with van der Waals surface area (Å²) in [5.41, 5.74) is 12.3. The number of benzene rings is 6. The van der Waals surface area contributed by atoms with Gasteiger partial charge >= 0.3 is 8.09 Å². The van der Waals surface area contributed by atoms with E-state index in [1.54, 1.807) is 12.3 Å². The topological polar surface area (TPSA) is 66.4 Å². The molecule has 0 radical (unpaired) electrons. The van der Waals surface area contributed by atoms with Crippen molar-refractivity contribution in [1.29, 1.82) is 0 Å². The quantitative estimate of drug-likeness (QED) is 0.190. The van der Waals surface area contributed by atoms with Crippen molar-refractivity contribution in [2.75, 3.05) is 5.09 Å². The predicted octanol–water partition coefficient (Wildman–Crippen LogP) is 11.2. The van der Waals surface area contributed by atoms with Crippen LogP contribution in [0, 0.1) is 41.5 Å². The van der Waals surface area contributed by atoms with E-state index in [2.05, 4.69) is 124 Å². The minimum Gasteiger partial charge on any atom is -0.597 e. The van der Waals surface area contributed by atoms with Gasteiger partial charge in [-0.3, -0.25) is 9.05 Å². The Bertz CT molecular complexity index is 2260. The van der Waals surface area contributed by atoms with Crippen molar-refractivity contribution in [2.45, 2.75) is 41.5 Å². The van der Waals surface area contributed by atoms with Gasteiger partial charge in [0.05, 0.1) is 0 Å². The van der Waals surface area contributed by atoms with Gasteiger partial charge in [-0.2, -0.15) is 5.09 Å². The van der Waals surface area contributed by atoms with E-state index >= 15 is 4.89 Å². The lowest BCUT2D eigenvalue weighted by molar-refractivity contribution is -0.200. The molecule has 0 amide bonds. The van der Waals surface area contributed by atoms with E-state index in [1.165, 1.54) is 11.1 Å². The molecule has 242 valence electrons. The maximum atomic E-state index is 15.4. The number of pyridine rings is 1. The zero-order valence-electron chi connectivity index (χ0n) is 28.5. The lowest BCUT2D eigenvalue weighted by Crippen LogP contribution is -2.28. The molecule has 49 heavy (non-hydrogen) atoms. The van der Waals surface area contributed by atoms with Crippen molar-refractivity contribution in [3.63, 3.8) is 0 Å². The van der Waals surface area contributed by atoms with E-state index in [0.29, 0.717) is 17.3 Å². The van der Waals surface area contributed by atoms with Gasteiger partial charge in [0.25, 0.3) is 0 Å². The van der Waals surface area contributed by atoms with Crippen LogP contribution in [0.15, 0.2) is 109 Å². The largest absolute Gasteiger partial charge is 0.597 e. The third kappa shape index (κ3) is 5.31. The van der Waals surface area contributed by atoms with Crippen molar-refractivity contribution in [3.05, 3.63) is 143 Å². The van der Waals surface area contributed by atoms with E-state index in [1.807, 2.05) is 24.3 Å². The SMILES string of the molecule is Cc1cc(C)c(-c2cc3ccccc3c3c2O[P+]([O-])(Nc2ccccn2)Oc2c(-c4c(C)cc(C)cc4C)cc4ccccc4c2-3)c(C)c1. The summed E-state index contributed by atoms with van der Waals surface area (Å²) in [6.45, 7) is 12.7. The lowest BCUT2D eigenvalue weighted by atomic mass is 9.84. The first-order valence-electron chi connectivity index (χ1n) is 16.6. The molecule has 2 heterocycles. The number of hydrogen-bond donors (Lipinski definition) is 1. The standard InChI is InChI=1S/C43H37N2O3P/c1-25-19-27(3)38(28(4)20-25)35-23-31-13-7-9-15-33(31)40-41-34-16-10-8-14-32(34)24-36(39-29(5)21-26(2)22-30(39)6)43(41)48-49(46,47-42(35)40)45-37-17-11-12-18-44-37/h7-24H,1-6H3,(H,44,45,46). The Kier molecular flexibility index (Phi) is 7.44. The third-order valence-electron chi connectivity index (χ3n) is 9.49. The van der Waals surface area contributed by atoms with Gasteiger partial charge in [-0.05, 0) is 121 Å². The zero-order chi connectivity index (χ0) is 34.0. The van der Waals surface area contributed by atoms with E-state index < -0.39 is 8.09 Å². The van der Waals surface area contributed by atoms with Gasteiger partial charge in [0, 0.05) is 28.5 Å². The van der Waals surface area contributed by atoms with Gasteiger partial charge in [0.15, 0.2) is 17.3 Å². The summed E-state index contributed by atoms with van der Waals surface area (Å²) in [6.07, 6.45) is 1.66. The summed E-state index contributed by atoms with van der Waals surface area (Å²) in [4.78, 5) is 19.9. The van der Waals surface area contributed by atoms with Crippen LogP contribution in [0.2, 0.25) is 0 Å². The Morgan fingerprint density at radius 2 is 0.959 bits per heavy atom. The lowest BCUT2D eigenvalue weighted by Gasteiger charge is -2.28. The number of fused-ring (bicyclic) bond motifs is 7. The summed E-state index contributed by atoms with van der Waals surface area (Å²) >= 11 is 0. The monoisotopic (exact) mass is 660 g/mol. The minimum atomic E-state index is -4.19. The molecular formula is C43H37N2O3P. The molecule has 1 aromatic heterocycles. The van der Waals surface area contributed by atoms with Gasteiger partial charge in [0.1, 0.15) is 0 Å². The fourth-order valence-electron chi connectivity index (χ4n) is 7.80. The molecule has 0 aliphatic carbocycles. The second-order valence-electron chi connectivity index (χ2n) is 13.3. The average molecular weight is 661 g/mol. The van der Waals surface area contributed by atoms with Gasteiger partial charge in [-0.15, -0.1) is 0 Å². The molecule has 6 aromatic carbocycles. The molecule has 7 aromatic rings. The van der Waals surface area contributed by atoms with Gasteiger partial charge in [0.2, 0.25) is 0 Å². The summed E-state index contributed by atoms with van der Waals surface area (Å²) in [5, 5.41) is 7.19. The number of aromatic nitrogens is 1. The molecule has 0 saturated carbocycles. The Morgan fingerprint density at radius 3 is 1.39 bits per heavy atom. The summed E-state index contributed by atoms with van der Waals surface area (Å²) < 4.78 is 13.7. The van der Waals surface area contributed by atoms with Crippen LogP contribution in [0.1, 0.15) is 33.4 Å². The fraction of sp³-hybridized carbons (Fsp3) is 0.140. The molecule has 1 aliphatic rings. The van der Waals surface area contributed by atoms with E-state index in [0.717, 1.165) is 77.2 Å². The highest BCUT2D eigenvalue weighted by Crippen LogP contribution is 2.64. The maximum absolute atomic E-state index is 15.4. The van der Waals surface area contributed by atoms with Crippen LogP contribution >= 0.6 is 8.09 Å². The molecule has 0 bridgehead atoms. The first-order chi connectivity index (χ1) is 23.6. The third-order valence-corrected chi connectivity index (χ3v) is 10.8. The van der Waals surface area contributed by atoms with Gasteiger partial charge < -0.3 is 4.89 Å². The molecule has 0 fully saturated rings. The molecule has 0 atom stereocenters. The maximum Gasteiger partial charge on any atom is 0.433 e. The highest BCUT2D eigenvalue weighted by molar-refractivity contribution is 7.61. The highest BCUT2D eigenvalue weighted by Gasteiger charge is 2.44. The number of nitrogens with one attached hydrogen (secondary N) is 1. The Morgan fingerprint density at radius 1 is 0.531 bits per heavy atom. The summed E-state index contributed by atoms with van der Waals surface area (Å²) in [6, 6.07) is 35.2. The molecular weight excluding hydrogens is 623 g/mol. The van der Waals surface area contributed by atoms with Crippen molar-refractivity contribution in [3.8, 4) is 44.9 Å². The van der Waals surface area contributed by atoms with E-state index in [-0.39, 0.29) is 0 Å². The Labute approximate surface area is 287 Å². The van der Waals surface area contributed by atoms with Crippen LogP contribution in [-0.2, 0) is 0 Å². The molecule has 0 saturated heterocycles. The van der Waals surface area contributed by atoms with Crippen molar-refractivity contribution < 1.29 is 13.9 Å². The normalized spacial score (nSPS) is 13.3. The average Bonchev–Trinajstić information content (AvgIpc) is 3.19. The molecule has 6 heteroatoms. The van der Waals surface area contributed by atoms with Crippen LogP contribution in [0.3, 0.4) is 0 Å². The fourth-order valence-corrected chi connectivity index (χ4v) is 9.20. The molecule has 1 aliphatic heterocycles. The smallest absolute Gasteiger partial charge is 0.433 e. The molecule has 0 spiro atoms. The number of nitrogens with zero attached hydrogens (tertiary/aromatic N) is 1. The van der Waals surface area contributed by atoms with Gasteiger partial charge in [-0.25, -0.2) is 4.98 Å². The van der Waals surface area contributed by atoms with Crippen molar-refractivity contribution in [2.24, 2.45) is 0 Å². The van der Waals surface area contributed by atoms with E-state index in [9.17, 15) is 0 Å². The first-order valence-corrected chi connectivity index (χ1v) is 18.1. The first kappa shape index (κ1) is 31.1. The second-order valence-corrected chi connectivity index (χ2v) is 14.8. The van der Waals surface area contributed by atoms with Crippen LogP contribution in [-0.4, -0.2) is 4.98 Å². The molecule has 0 unspecified atom stereocenters. The van der Waals surface area contributed by atoms with Crippen LogP contribution < -0.4 is 19.0 Å². The second kappa shape index (κ2) is 11.7. The Hall–Kier alpha value is -5.22. The van der Waals surface area contributed by atoms with Crippen LogP contribution in [0.5, 0.6) is 11.5 Å². The van der Waals surface area contributed by atoms with Crippen molar-refractivity contribution in [1.82, 2.24) is 4.98 Å². The number of anilines is 1. The van der Waals surface area contributed by atoms with Gasteiger partial charge in [-0.1, -0.05) is 90.0 Å². The minimum absolute atomic E-state index is 0.394. The Balaban J connectivity index is 1.58. The molecule has 1 N–H and O–H groups in total. The number of aryl methyl sites for hydroxylation is 6. The van der Waals surface area contributed by atoms with Crippen molar-refractivity contribution >= 4 is 35.5 Å².